The Morgan fingerprint density at radius 2 is 1.79 bits per heavy atom. The molecule has 0 spiro atoms. The van der Waals surface area contributed by atoms with Crippen LogP contribution in [0.5, 0.6) is 0 Å². The predicted molar refractivity (Wildman–Crippen MR) is 126 cm³/mol. The fourth-order valence-corrected chi connectivity index (χ4v) is 4.27. The van der Waals surface area contributed by atoms with Crippen LogP contribution in [0.1, 0.15) is 12.8 Å². The summed E-state index contributed by atoms with van der Waals surface area (Å²) in [5.41, 5.74) is 1.87. The van der Waals surface area contributed by atoms with Gasteiger partial charge in [0.25, 0.3) is 0 Å². The lowest BCUT2D eigenvalue weighted by atomic mass is 9.97. The van der Waals surface area contributed by atoms with Crippen molar-refractivity contribution in [3.8, 4) is 11.3 Å². The molecule has 1 aromatic carbocycles. The highest BCUT2D eigenvalue weighted by molar-refractivity contribution is 5.92. The summed E-state index contributed by atoms with van der Waals surface area (Å²) in [6.45, 7) is 4.39. The summed E-state index contributed by atoms with van der Waals surface area (Å²) < 4.78 is 5.40. The zero-order valence-electron chi connectivity index (χ0n) is 18.4. The number of benzene rings is 1. The number of aromatic nitrogens is 4. The Labute approximate surface area is 192 Å². The highest BCUT2D eigenvalue weighted by Crippen LogP contribution is 2.24. The lowest BCUT2D eigenvalue weighted by Gasteiger charge is -2.32. The van der Waals surface area contributed by atoms with Crippen molar-refractivity contribution in [2.45, 2.75) is 12.8 Å². The van der Waals surface area contributed by atoms with Gasteiger partial charge in [0, 0.05) is 37.8 Å². The number of hydrogen-bond acceptors (Lipinski definition) is 8. The third-order valence-corrected chi connectivity index (χ3v) is 6.08. The molecule has 170 valence electrons. The number of hydrogen-bond donors (Lipinski definition) is 1. The number of morpholine rings is 1. The number of nitrogens with zero attached hydrogens (tertiary/aromatic N) is 6. The first kappa shape index (κ1) is 21.3. The minimum absolute atomic E-state index is 0.0276. The largest absolute Gasteiger partial charge is 0.378 e. The van der Waals surface area contributed by atoms with E-state index in [-0.39, 0.29) is 11.8 Å². The van der Waals surface area contributed by atoms with E-state index in [1.54, 1.807) is 0 Å². The second-order valence-corrected chi connectivity index (χ2v) is 8.28. The predicted octanol–water partition coefficient (Wildman–Crippen LogP) is 2.63. The Morgan fingerprint density at radius 1 is 0.939 bits per heavy atom. The molecule has 0 aliphatic carbocycles. The number of anilines is 3. The number of carbonyl (C=O) groups excluding carboxylic acids is 1. The van der Waals surface area contributed by atoms with E-state index in [2.05, 4.69) is 35.3 Å². The Balaban J connectivity index is 1.22. The molecule has 1 atom stereocenters. The van der Waals surface area contributed by atoms with Gasteiger partial charge >= 0.3 is 0 Å². The number of nitrogens with one attached hydrogen (secondary N) is 1. The van der Waals surface area contributed by atoms with E-state index in [1.807, 2.05) is 48.5 Å². The van der Waals surface area contributed by atoms with Crippen LogP contribution in [0.2, 0.25) is 0 Å². The molecule has 1 amide bonds. The van der Waals surface area contributed by atoms with E-state index in [1.165, 1.54) is 6.33 Å². The molecule has 5 rings (SSSR count). The highest BCUT2D eigenvalue weighted by Gasteiger charge is 2.27. The molecule has 2 fully saturated rings. The maximum absolute atomic E-state index is 13.0. The number of rotatable bonds is 5. The van der Waals surface area contributed by atoms with E-state index in [9.17, 15) is 4.79 Å². The zero-order chi connectivity index (χ0) is 22.5. The van der Waals surface area contributed by atoms with Crippen molar-refractivity contribution < 1.29 is 9.53 Å². The van der Waals surface area contributed by atoms with Gasteiger partial charge in [-0.25, -0.2) is 9.97 Å². The molecule has 0 saturated carbocycles. The fourth-order valence-electron chi connectivity index (χ4n) is 4.27. The van der Waals surface area contributed by atoms with Gasteiger partial charge in [0.1, 0.15) is 18.0 Å². The topological polar surface area (TPSA) is 96.4 Å². The average Bonchev–Trinajstić information content (AvgIpc) is 2.90. The minimum Gasteiger partial charge on any atom is -0.378 e. The molecule has 0 bridgehead atoms. The zero-order valence-corrected chi connectivity index (χ0v) is 18.4. The van der Waals surface area contributed by atoms with Crippen LogP contribution in [-0.4, -0.2) is 65.5 Å². The van der Waals surface area contributed by atoms with Crippen LogP contribution >= 0.6 is 0 Å². The Hall–Kier alpha value is -3.59. The van der Waals surface area contributed by atoms with Crippen LogP contribution < -0.4 is 15.1 Å². The van der Waals surface area contributed by atoms with Gasteiger partial charge in [-0.15, -0.1) is 10.2 Å². The number of ether oxygens (including phenoxy) is 1. The summed E-state index contributed by atoms with van der Waals surface area (Å²) in [6.07, 6.45) is 3.25. The lowest BCUT2D eigenvalue weighted by Crippen LogP contribution is -2.41. The normalized spacial score (nSPS) is 18.7. The molecule has 0 radical (unpaired) electrons. The van der Waals surface area contributed by atoms with Crippen LogP contribution in [0.25, 0.3) is 11.3 Å². The molecule has 2 saturated heterocycles. The molecule has 3 aromatic rings. The van der Waals surface area contributed by atoms with Gasteiger partial charge in [-0.05, 0) is 25.0 Å². The van der Waals surface area contributed by atoms with Gasteiger partial charge in [0.05, 0.1) is 24.8 Å². The smallest absolute Gasteiger partial charge is 0.230 e. The summed E-state index contributed by atoms with van der Waals surface area (Å²) >= 11 is 0. The van der Waals surface area contributed by atoms with Crippen molar-refractivity contribution in [2.24, 2.45) is 5.92 Å². The standard InChI is InChI=1S/C24H27N7O2/c32-24(27-21-15-23(26-17-25-21)30-11-13-33-14-12-30)19-7-4-10-31(16-19)22-9-8-20(28-29-22)18-5-2-1-3-6-18/h1-3,5-6,8-9,15,17,19H,4,7,10-14,16H2,(H,25,26,27,32)/t19-/m0/s1. The molecule has 2 aliphatic heterocycles. The van der Waals surface area contributed by atoms with Crippen LogP contribution in [-0.2, 0) is 9.53 Å². The number of carbonyl (C=O) groups is 1. The van der Waals surface area contributed by atoms with Gasteiger partial charge in [0.2, 0.25) is 5.91 Å². The van der Waals surface area contributed by atoms with Crippen LogP contribution in [0, 0.1) is 5.92 Å². The molecule has 9 nitrogen and oxygen atoms in total. The molecular weight excluding hydrogens is 418 g/mol. The van der Waals surface area contributed by atoms with Crippen LogP contribution in [0.15, 0.2) is 54.9 Å². The van der Waals surface area contributed by atoms with Crippen molar-refractivity contribution >= 4 is 23.4 Å². The first-order chi connectivity index (χ1) is 16.3. The van der Waals surface area contributed by atoms with Gasteiger partial charge < -0.3 is 19.9 Å². The first-order valence-corrected chi connectivity index (χ1v) is 11.4. The molecule has 4 heterocycles. The molecule has 0 unspecified atom stereocenters. The summed E-state index contributed by atoms with van der Waals surface area (Å²) in [6, 6.07) is 15.8. The molecule has 9 heteroatoms. The maximum Gasteiger partial charge on any atom is 0.230 e. The van der Waals surface area contributed by atoms with Gasteiger partial charge in [0.15, 0.2) is 5.82 Å². The maximum atomic E-state index is 13.0. The molecule has 2 aliphatic rings. The summed E-state index contributed by atoms with van der Waals surface area (Å²) in [5, 5.41) is 11.8. The minimum atomic E-state index is -0.142. The molecule has 1 N–H and O–H groups in total. The number of piperidine rings is 1. The molecule has 33 heavy (non-hydrogen) atoms. The van der Waals surface area contributed by atoms with E-state index in [0.717, 1.165) is 55.4 Å². The first-order valence-electron chi connectivity index (χ1n) is 11.4. The third-order valence-electron chi connectivity index (χ3n) is 6.08. The van der Waals surface area contributed by atoms with Gasteiger partial charge in [-0.2, -0.15) is 0 Å². The summed E-state index contributed by atoms with van der Waals surface area (Å²) in [5.74, 6) is 1.96. The van der Waals surface area contributed by atoms with Crippen LogP contribution in [0.4, 0.5) is 17.5 Å². The molecule has 2 aromatic heterocycles. The fraction of sp³-hybridized carbons (Fsp3) is 0.375. The van der Waals surface area contributed by atoms with Crippen molar-refractivity contribution in [3.63, 3.8) is 0 Å². The third kappa shape index (κ3) is 5.09. The summed E-state index contributed by atoms with van der Waals surface area (Å²) in [7, 11) is 0. The van der Waals surface area contributed by atoms with E-state index >= 15 is 0 Å². The monoisotopic (exact) mass is 445 g/mol. The van der Waals surface area contributed by atoms with Crippen LogP contribution in [0.3, 0.4) is 0 Å². The van der Waals surface area contributed by atoms with E-state index in [4.69, 9.17) is 4.74 Å². The second kappa shape index (κ2) is 9.91. The number of amides is 1. The lowest BCUT2D eigenvalue weighted by molar-refractivity contribution is -0.120. The van der Waals surface area contributed by atoms with Crippen molar-refractivity contribution in [1.82, 2.24) is 20.2 Å². The Kier molecular flexibility index (Phi) is 6.39. The highest BCUT2D eigenvalue weighted by atomic mass is 16.5. The summed E-state index contributed by atoms with van der Waals surface area (Å²) in [4.78, 5) is 25.9. The quantitative estimate of drug-likeness (QED) is 0.640. The van der Waals surface area contributed by atoms with E-state index in [0.29, 0.717) is 25.6 Å². The van der Waals surface area contributed by atoms with Gasteiger partial charge in [-0.1, -0.05) is 30.3 Å². The SMILES string of the molecule is O=C(Nc1cc(N2CCOCC2)ncn1)[C@H]1CCCN(c2ccc(-c3ccccc3)nn2)C1. The Bertz CT molecular complexity index is 1070. The van der Waals surface area contributed by atoms with Crippen molar-refractivity contribution in [1.29, 1.82) is 0 Å². The average molecular weight is 446 g/mol. The Morgan fingerprint density at radius 3 is 2.58 bits per heavy atom. The molecular formula is C24H27N7O2. The van der Waals surface area contributed by atoms with E-state index < -0.39 is 0 Å². The van der Waals surface area contributed by atoms with Crippen molar-refractivity contribution in [2.75, 3.05) is 54.5 Å². The van der Waals surface area contributed by atoms with Crippen molar-refractivity contribution in [3.05, 3.63) is 54.9 Å². The van der Waals surface area contributed by atoms with Gasteiger partial charge in [-0.3, -0.25) is 4.79 Å². The second-order valence-electron chi connectivity index (χ2n) is 8.28.